The van der Waals surface area contributed by atoms with Crippen LogP contribution in [0.2, 0.25) is 0 Å². The minimum absolute atomic E-state index is 0.100. The molecule has 2 amide bonds. The molecule has 0 atom stereocenters. The molecule has 1 aliphatic heterocycles. The molecule has 21 heavy (non-hydrogen) atoms. The number of alkyl halides is 3. The number of benzene rings is 1. The van der Waals surface area contributed by atoms with Crippen LogP contribution in [0.3, 0.4) is 0 Å². The third-order valence-corrected chi connectivity index (χ3v) is 3.12. The van der Waals surface area contributed by atoms with Gasteiger partial charge >= 0.3 is 6.18 Å². The molecular weight excluding hydrogens is 287 g/mol. The highest BCUT2D eigenvalue weighted by Gasteiger charge is 2.37. The highest BCUT2D eigenvalue weighted by atomic mass is 19.4. The Morgan fingerprint density at radius 3 is 2.14 bits per heavy atom. The zero-order chi connectivity index (χ0) is 15.2. The number of rotatable bonds is 2. The second kappa shape index (κ2) is 4.44. The lowest BCUT2D eigenvalue weighted by atomic mass is 10.1. The van der Waals surface area contributed by atoms with Crippen LogP contribution in [-0.4, -0.2) is 26.7 Å². The van der Waals surface area contributed by atoms with Gasteiger partial charge in [0.05, 0.1) is 23.9 Å². The Kier molecular flexibility index (Phi) is 2.82. The smallest absolute Gasteiger partial charge is 0.337 e. The van der Waals surface area contributed by atoms with Crippen molar-refractivity contribution in [2.75, 3.05) is 0 Å². The third kappa shape index (κ3) is 2.18. The van der Waals surface area contributed by atoms with Gasteiger partial charge in [-0.1, -0.05) is 12.1 Å². The number of nitrogens with zero attached hydrogens (tertiary/aromatic N) is 2. The van der Waals surface area contributed by atoms with Gasteiger partial charge in [-0.25, -0.2) is 4.98 Å². The van der Waals surface area contributed by atoms with Crippen molar-refractivity contribution in [3.63, 3.8) is 0 Å². The van der Waals surface area contributed by atoms with E-state index in [0.717, 1.165) is 4.90 Å². The van der Waals surface area contributed by atoms with E-state index in [4.69, 9.17) is 0 Å². The lowest BCUT2D eigenvalue weighted by Gasteiger charge is -2.11. The molecule has 2 heterocycles. The highest BCUT2D eigenvalue weighted by Crippen LogP contribution is 2.28. The number of aromatic nitrogens is 2. The van der Waals surface area contributed by atoms with Gasteiger partial charge in [0.2, 0.25) is 0 Å². The molecule has 0 unspecified atom stereocenters. The maximum atomic E-state index is 12.5. The summed E-state index contributed by atoms with van der Waals surface area (Å²) in [4.78, 5) is 30.6. The SMILES string of the molecule is O=C1c2ccccc2C(=O)N1Cc1ncc(C(F)(F)F)[nH]1. The molecule has 0 radical (unpaired) electrons. The molecule has 0 fully saturated rings. The Morgan fingerprint density at radius 1 is 1.10 bits per heavy atom. The van der Waals surface area contributed by atoms with Gasteiger partial charge < -0.3 is 4.98 Å². The molecule has 0 aliphatic carbocycles. The largest absolute Gasteiger partial charge is 0.432 e. The Balaban J connectivity index is 1.86. The van der Waals surface area contributed by atoms with Gasteiger partial charge in [-0.2, -0.15) is 13.2 Å². The van der Waals surface area contributed by atoms with E-state index in [2.05, 4.69) is 9.97 Å². The minimum Gasteiger partial charge on any atom is -0.337 e. The molecule has 0 spiro atoms. The first-order valence-electron chi connectivity index (χ1n) is 5.94. The molecule has 108 valence electrons. The van der Waals surface area contributed by atoms with Crippen molar-refractivity contribution in [2.45, 2.75) is 12.7 Å². The van der Waals surface area contributed by atoms with Crippen LogP contribution < -0.4 is 0 Å². The first-order chi connectivity index (χ1) is 9.88. The van der Waals surface area contributed by atoms with E-state index in [9.17, 15) is 22.8 Å². The van der Waals surface area contributed by atoms with E-state index in [1.807, 2.05) is 0 Å². The quantitative estimate of drug-likeness (QED) is 0.864. The van der Waals surface area contributed by atoms with Gasteiger partial charge in [0.25, 0.3) is 11.8 Å². The highest BCUT2D eigenvalue weighted by molar-refractivity contribution is 6.21. The summed E-state index contributed by atoms with van der Waals surface area (Å²) in [6, 6.07) is 6.22. The zero-order valence-electron chi connectivity index (χ0n) is 10.4. The topological polar surface area (TPSA) is 66.1 Å². The predicted molar refractivity (Wildman–Crippen MR) is 64.2 cm³/mol. The van der Waals surface area contributed by atoms with Crippen LogP contribution in [0.4, 0.5) is 13.2 Å². The third-order valence-electron chi connectivity index (χ3n) is 3.12. The summed E-state index contributed by atoms with van der Waals surface area (Å²) < 4.78 is 37.4. The molecule has 5 nitrogen and oxygen atoms in total. The van der Waals surface area contributed by atoms with E-state index in [1.165, 1.54) is 12.1 Å². The van der Waals surface area contributed by atoms with Crippen molar-refractivity contribution in [2.24, 2.45) is 0 Å². The lowest BCUT2D eigenvalue weighted by Crippen LogP contribution is -2.29. The number of hydrogen-bond donors (Lipinski definition) is 1. The van der Waals surface area contributed by atoms with Gasteiger partial charge in [-0.05, 0) is 12.1 Å². The van der Waals surface area contributed by atoms with Crippen molar-refractivity contribution in [1.29, 1.82) is 0 Å². The van der Waals surface area contributed by atoms with Crippen LogP contribution in [0, 0.1) is 0 Å². The summed E-state index contributed by atoms with van der Waals surface area (Å²) in [5.74, 6) is -1.18. The number of fused-ring (bicyclic) bond motifs is 1. The molecule has 3 rings (SSSR count). The maximum Gasteiger partial charge on any atom is 0.432 e. The average Bonchev–Trinajstić information content (AvgIpc) is 2.99. The van der Waals surface area contributed by atoms with Gasteiger partial charge in [0.15, 0.2) is 0 Å². The fourth-order valence-electron chi connectivity index (χ4n) is 2.12. The summed E-state index contributed by atoms with van der Waals surface area (Å²) in [6.45, 7) is -0.331. The van der Waals surface area contributed by atoms with Gasteiger partial charge in [0.1, 0.15) is 11.5 Å². The monoisotopic (exact) mass is 295 g/mol. The van der Waals surface area contributed by atoms with E-state index in [0.29, 0.717) is 6.20 Å². The van der Waals surface area contributed by atoms with Crippen molar-refractivity contribution >= 4 is 11.8 Å². The number of amides is 2. The van der Waals surface area contributed by atoms with Crippen LogP contribution in [0.15, 0.2) is 30.5 Å². The molecule has 1 N–H and O–H groups in total. The number of hydrogen-bond acceptors (Lipinski definition) is 3. The number of imidazole rings is 1. The van der Waals surface area contributed by atoms with Crippen LogP contribution in [0.25, 0.3) is 0 Å². The maximum absolute atomic E-state index is 12.5. The van der Waals surface area contributed by atoms with Crippen LogP contribution in [-0.2, 0) is 12.7 Å². The molecule has 1 aromatic heterocycles. The summed E-state index contributed by atoms with van der Waals surface area (Å²) >= 11 is 0. The van der Waals surface area contributed by atoms with Crippen LogP contribution in [0.5, 0.6) is 0 Å². The first kappa shape index (κ1) is 13.3. The zero-order valence-corrected chi connectivity index (χ0v) is 10.4. The van der Waals surface area contributed by atoms with Crippen molar-refractivity contribution in [3.05, 3.63) is 53.1 Å². The van der Waals surface area contributed by atoms with E-state index < -0.39 is 23.7 Å². The standard InChI is InChI=1S/C13H8F3N3O2/c14-13(15,16)9-5-17-10(18-9)6-19-11(20)7-3-1-2-4-8(7)12(19)21/h1-5H,6H2,(H,17,18). The molecule has 8 heteroatoms. The van der Waals surface area contributed by atoms with Crippen molar-refractivity contribution in [1.82, 2.24) is 14.9 Å². The normalized spacial score (nSPS) is 14.7. The number of H-pyrrole nitrogens is 1. The number of carbonyl (C=O) groups excluding carboxylic acids is 2. The number of imide groups is 1. The summed E-state index contributed by atoms with van der Waals surface area (Å²) in [6.07, 6.45) is -3.92. The average molecular weight is 295 g/mol. The molecular formula is C13H8F3N3O2. The fourth-order valence-corrected chi connectivity index (χ4v) is 2.12. The lowest BCUT2D eigenvalue weighted by molar-refractivity contribution is -0.140. The Labute approximate surface area is 116 Å². The molecule has 1 aromatic carbocycles. The molecule has 0 saturated carbocycles. The summed E-state index contributed by atoms with van der Waals surface area (Å²) in [5, 5.41) is 0. The van der Waals surface area contributed by atoms with Crippen molar-refractivity contribution < 1.29 is 22.8 Å². The number of halogens is 3. The number of nitrogens with one attached hydrogen (secondary N) is 1. The number of aromatic amines is 1. The van der Waals surface area contributed by atoms with Crippen LogP contribution >= 0.6 is 0 Å². The van der Waals surface area contributed by atoms with E-state index in [1.54, 1.807) is 12.1 Å². The van der Waals surface area contributed by atoms with E-state index in [-0.39, 0.29) is 23.5 Å². The summed E-state index contributed by atoms with van der Waals surface area (Å²) in [5.41, 5.74) is -0.538. The molecule has 1 aliphatic rings. The van der Waals surface area contributed by atoms with Crippen LogP contribution in [0.1, 0.15) is 32.2 Å². The molecule has 0 saturated heterocycles. The first-order valence-corrected chi connectivity index (χ1v) is 5.94. The second-order valence-electron chi connectivity index (χ2n) is 4.48. The summed E-state index contributed by atoms with van der Waals surface area (Å²) in [7, 11) is 0. The minimum atomic E-state index is -4.55. The van der Waals surface area contributed by atoms with Gasteiger partial charge in [-0.3, -0.25) is 14.5 Å². The molecule has 2 aromatic rings. The predicted octanol–water partition coefficient (Wildman–Crippen LogP) is 2.22. The Bertz CT molecular complexity index is 701. The Hall–Kier alpha value is -2.64. The second-order valence-corrected chi connectivity index (χ2v) is 4.48. The number of carbonyl (C=O) groups is 2. The molecule has 0 bridgehead atoms. The Morgan fingerprint density at radius 2 is 1.67 bits per heavy atom. The van der Waals surface area contributed by atoms with Gasteiger partial charge in [-0.15, -0.1) is 0 Å². The van der Waals surface area contributed by atoms with E-state index >= 15 is 0 Å². The fraction of sp³-hybridized carbons (Fsp3) is 0.154. The van der Waals surface area contributed by atoms with Gasteiger partial charge in [0, 0.05) is 0 Å². The van der Waals surface area contributed by atoms with Crippen molar-refractivity contribution in [3.8, 4) is 0 Å².